The van der Waals surface area contributed by atoms with E-state index >= 15 is 0 Å². The minimum absolute atomic E-state index is 0.0267. The van der Waals surface area contributed by atoms with Crippen LogP contribution in [0.4, 0.5) is 5.69 Å². The molecule has 1 unspecified atom stereocenters. The van der Waals surface area contributed by atoms with E-state index in [4.69, 9.17) is 21.5 Å². The molecule has 0 radical (unpaired) electrons. The molecule has 144 valence electrons. The van der Waals surface area contributed by atoms with Crippen molar-refractivity contribution in [2.75, 3.05) is 5.32 Å². The van der Waals surface area contributed by atoms with Gasteiger partial charge in [0.2, 0.25) is 10.0 Å². The molecule has 8 nitrogen and oxygen atoms in total. The van der Waals surface area contributed by atoms with Crippen molar-refractivity contribution in [2.45, 2.75) is 31.8 Å². The second-order valence-electron chi connectivity index (χ2n) is 5.84. The van der Waals surface area contributed by atoms with E-state index in [2.05, 4.69) is 10.3 Å². The zero-order valence-electron chi connectivity index (χ0n) is 14.8. The zero-order chi connectivity index (χ0) is 20.4. The van der Waals surface area contributed by atoms with E-state index in [1.165, 1.54) is 19.2 Å². The molecule has 1 aromatic carbocycles. The van der Waals surface area contributed by atoms with Crippen molar-refractivity contribution >= 4 is 39.2 Å². The van der Waals surface area contributed by atoms with Crippen LogP contribution in [0.5, 0.6) is 0 Å². The number of aryl methyl sites for hydroxylation is 1. The summed E-state index contributed by atoms with van der Waals surface area (Å²) in [6, 6.07) is 5.73. The van der Waals surface area contributed by atoms with Crippen molar-refractivity contribution in [2.24, 2.45) is 5.14 Å². The van der Waals surface area contributed by atoms with Crippen molar-refractivity contribution in [3.8, 4) is 0 Å². The summed E-state index contributed by atoms with van der Waals surface area (Å²) in [5.74, 6) is -1.48. The molecule has 1 atom stereocenters. The molecule has 3 N–H and O–H groups in total. The lowest BCUT2D eigenvalue weighted by Crippen LogP contribution is -2.30. The van der Waals surface area contributed by atoms with Gasteiger partial charge in [-0.1, -0.05) is 11.6 Å². The Morgan fingerprint density at radius 3 is 2.56 bits per heavy atom. The van der Waals surface area contributed by atoms with Gasteiger partial charge >= 0.3 is 5.97 Å². The maximum Gasteiger partial charge on any atom is 0.338 e. The average Bonchev–Trinajstić information content (AvgIpc) is 2.57. The number of hydrogen-bond donors (Lipinski definition) is 2. The van der Waals surface area contributed by atoms with Crippen LogP contribution >= 0.6 is 11.6 Å². The van der Waals surface area contributed by atoms with E-state index in [-0.39, 0.29) is 21.3 Å². The lowest BCUT2D eigenvalue weighted by Gasteiger charge is -2.15. The van der Waals surface area contributed by atoms with Crippen molar-refractivity contribution in [3.63, 3.8) is 0 Å². The van der Waals surface area contributed by atoms with Crippen LogP contribution in [-0.4, -0.2) is 31.4 Å². The van der Waals surface area contributed by atoms with E-state index in [1.54, 1.807) is 26.0 Å². The van der Waals surface area contributed by atoms with Gasteiger partial charge in [-0.2, -0.15) is 0 Å². The molecule has 0 saturated heterocycles. The van der Waals surface area contributed by atoms with Gasteiger partial charge in [0.15, 0.2) is 11.3 Å². The molecule has 0 saturated carbocycles. The Morgan fingerprint density at radius 1 is 1.30 bits per heavy atom. The minimum atomic E-state index is -4.01. The van der Waals surface area contributed by atoms with Crippen LogP contribution < -0.4 is 10.5 Å². The summed E-state index contributed by atoms with van der Waals surface area (Å²) in [7, 11) is -4.01. The van der Waals surface area contributed by atoms with Gasteiger partial charge in [0.1, 0.15) is 0 Å². The number of esters is 1. The van der Waals surface area contributed by atoms with Crippen molar-refractivity contribution in [1.29, 1.82) is 0 Å². The second kappa shape index (κ2) is 8.03. The van der Waals surface area contributed by atoms with Crippen LogP contribution in [0.15, 0.2) is 35.4 Å². The van der Waals surface area contributed by atoms with Crippen molar-refractivity contribution in [1.82, 2.24) is 4.98 Å². The van der Waals surface area contributed by atoms with Gasteiger partial charge in [0.25, 0.3) is 5.91 Å². The maximum absolute atomic E-state index is 12.3. The first kappa shape index (κ1) is 20.8. The Labute approximate surface area is 161 Å². The highest BCUT2D eigenvalue weighted by Gasteiger charge is 2.22. The lowest BCUT2D eigenvalue weighted by atomic mass is 10.1. The van der Waals surface area contributed by atoms with Crippen LogP contribution in [0.3, 0.4) is 0 Å². The van der Waals surface area contributed by atoms with E-state index in [9.17, 15) is 18.0 Å². The number of carbonyl (C=O) groups is 2. The number of amides is 1. The summed E-state index contributed by atoms with van der Waals surface area (Å²) in [4.78, 5) is 28.2. The topological polar surface area (TPSA) is 128 Å². The number of sulfonamides is 1. The predicted octanol–water partition coefficient (Wildman–Crippen LogP) is 2.18. The highest BCUT2D eigenvalue weighted by molar-refractivity contribution is 7.89. The number of benzene rings is 1. The van der Waals surface area contributed by atoms with E-state index in [0.717, 1.165) is 6.07 Å². The Kier molecular flexibility index (Phi) is 6.19. The third-order valence-corrected chi connectivity index (χ3v) is 5.17. The Balaban J connectivity index is 2.18. The number of aromatic nitrogens is 1. The number of ether oxygens (including phenoxy) is 1. The summed E-state index contributed by atoms with van der Waals surface area (Å²) in [5.41, 5.74) is 1.23. The SMILES string of the molecule is Cc1cc(C(=O)OC(C)C(=O)Nc2cccnc2Cl)cc(S(N)(=O)=O)c1C. The standard InChI is InChI=1S/C17H18ClN3O5S/c1-9-7-12(8-14(10(9)2)27(19,24)25)17(23)26-11(3)16(22)21-13-5-4-6-20-15(13)18/h4-8,11H,1-3H3,(H,21,22)(H2,19,24,25). The molecule has 0 aliphatic heterocycles. The summed E-state index contributed by atoms with van der Waals surface area (Å²) < 4.78 is 28.5. The van der Waals surface area contributed by atoms with Crippen LogP contribution in [0.1, 0.15) is 28.4 Å². The lowest BCUT2D eigenvalue weighted by molar-refractivity contribution is -0.123. The van der Waals surface area contributed by atoms with Crippen LogP contribution in [-0.2, 0) is 19.6 Å². The van der Waals surface area contributed by atoms with Crippen LogP contribution in [0.2, 0.25) is 5.15 Å². The smallest absolute Gasteiger partial charge is 0.338 e. The van der Waals surface area contributed by atoms with Gasteiger partial charge in [-0.3, -0.25) is 4.79 Å². The number of nitrogens with two attached hydrogens (primary N) is 1. The molecular weight excluding hydrogens is 394 g/mol. The van der Waals surface area contributed by atoms with Gasteiger partial charge in [-0.25, -0.2) is 23.3 Å². The average molecular weight is 412 g/mol. The number of pyridine rings is 1. The Morgan fingerprint density at radius 2 is 1.96 bits per heavy atom. The fourth-order valence-corrected chi connectivity index (χ4v) is 3.28. The number of anilines is 1. The first-order valence-corrected chi connectivity index (χ1v) is 9.69. The van der Waals surface area contributed by atoms with E-state index in [0.29, 0.717) is 11.1 Å². The van der Waals surface area contributed by atoms with Crippen LogP contribution in [0, 0.1) is 13.8 Å². The number of rotatable bonds is 5. The molecule has 2 aromatic rings. The number of halogens is 1. The molecule has 2 rings (SSSR count). The van der Waals surface area contributed by atoms with Gasteiger partial charge in [0.05, 0.1) is 16.1 Å². The van der Waals surface area contributed by atoms with Crippen LogP contribution in [0.25, 0.3) is 0 Å². The molecule has 1 heterocycles. The molecule has 0 spiro atoms. The number of nitrogens with zero attached hydrogens (tertiary/aromatic N) is 1. The van der Waals surface area contributed by atoms with E-state index in [1.807, 2.05) is 0 Å². The summed E-state index contributed by atoms with van der Waals surface area (Å²) in [5, 5.41) is 7.77. The number of nitrogens with one attached hydrogen (secondary N) is 1. The predicted molar refractivity (Wildman–Crippen MR) is 100 cm³/mol. The molecule has 0 aliphatic rings. The molecule has 0 bridgehead atoms. The quantitative estimate of drug-likeness (QED) is 0.573. The summed E-state index contributed by atoms with van der Waals surface area (Å²) in [6.45, 7) is 4.60. The maximum atomic E-state index is 12.3. The molecule has 10 heteroatoms. The summed E-state index contributed by atoms with van der Waals surface area (Å²) >= 11 is 5.86. The molecular formula is C17H18ClN3O5S. The number of hydrogen-bond acceptors (Lipinski definition) is 6. The molecule has 27 heavy (non-hydrogen) atoms. The fourth-order valence-electron chi connectivity index (χ4n) is 2.24. The van der Waals surface area contributed by atoms with Crippen molar-refractivity contribution in [3.05, 3.63) is 52.3 Å². The number of carbonyl (C=O) groups excluding carboxylic acids is 2. The summed E-state index contributed by atoms with van der Waals surface area (Å²) in [6.07, 6.45) is 0.304. The highest BCUT2D eigenvalue weighted by atomic mass is 35.5. The van der Waals surface area contributed by atoms with Gasteiger partial charge in [0, 0.05) is 6.20 Å². The zero-order valence-corrected chi connectivity index (χ0v) is 16.4. The molecule has 0 fully saturated rings. The largest absolute Gasteiger partial charge is 0.449 e. The van der Waals surface area contributed by atoms with E-state index < -0.39 is 28.0 Å². The third-order valence-electron chi connectivity index (χ3n) is 3.83. The molecule has 1 amide bonds. The second-order valence-corrected chi connectivity index (χ2v) is 7.73. The molecule has 1 aromatic heterocycles. The normalized spacial score (nSPS) is 12.3. The highest BCUT2D eigenvalue weighted by Crippen LogP contribution is 2.21. The first-order chi connectivity index (χ1) is 12.5. The van der Waals surface area contributed by atoms with Gasteiger partial charge in [-0.05, 0) is 56.2 Å². The van der Waals surface area contributed by atoms with Gasteiger partial charge < -0.3 is 10.1 Å². The van der Waals surface area contributed by atoms with Gasteiger partial charge in [-0.15, -0.1) is 0 Å². The monoisotopic (exact) mass is 411 g/mol. The first-order valence-electron chi connectivity index (χ1n) is 7.77. The molecule has 0 aliphatic carbocycles. The minimum Gasteiger partial charge on any atom is -0.449 e. The Bertz CT molecular complexity index is 1010. The number of primary sulfonamides is 1. The fraction of sp³-hybridized carbons (Fsp3) is 0.235. The van der Waals surface area contributed by atoms with Crippen molar-refractivity contribution < 1.29 is 22.7 Å². The Hall–Kier alpha value is -2.49. The third kappa shape index (κ3) is 5.03.